The van der Waals surface area contributed by atoms with Crippen LogP contribution in [0.3, 0.4) is 0 Å². The molecule has 42 heavy (non-hydrogen) atoms. The number of nitrogens with two attached hydrogens (primary N) is 1. The normalized spacial score (nSPS) is 17.3. The highest BCUT2D eigenvalue weighted by atomic mass is 19.4. The molecule has 226 valence electrons. The number of carbonyl (C=O) groups is 1. The number of hydrogen-bond donors (Lipinski definition) is 2. The first-order valence-electron chi connectivity index (χ1n) is 13.1. The molecule has 0 radical (unpaired) electrons. The van der Waals surface area contributed by atoms with Gasteiger partial charge in [-0.05, 0) is 34.4 Å². The van der Waals surface area contributed by atoms with Gasteiger partial charge < -0.3 is 15.6 Å². The Labute approximate surface area is 238 Å². The molecule has 0 saturated carbocycles. The van der Waals surface area contributed by atoms with E-state index in [2.05, 4.69) is 14.8 Å². The predicted octanol–water partition coefficient (Wildman–Crippen LogP) is 4.25. The van der Waals surface area contributed by atoms with Crippen molar-refractivity contribution in [1.82, 2.24) is 14.8 Å². The number of hydrogen-bond acceptors (Lipinski definition) is 7. The second kappa shape index (κ2) is 12.8. The molecule has 0 spiro atoms. The number of aliphatic hydroxyl groups is 1. The van der Waals surface area contributed by atoms with E-state index in [1.54, 1.807) is 36.7 Å². The van der Waals surface area contributed by atoms with Crippen molar-refractivity contribution >= 4 is 5.97 Å². The van der Waals surface area contributed by atoms with E-state index in [0.717, 1.165) is 23.3 Å². The summed E-state index contributed by atoms with van der Waals surface area (Å²) < 4.78 is 84.4. The molecule has 4 rings (SSSR count). The van der Waals surface area contributed by atoms with Gasteiger partial charge in [-0.2, -0.15) is 26.3 Å². The number of carbonyl (C=O) groups excluding carboxylic acids is 1. The number of pyridine rings is 1. The molecule has 3 N–H and O–H groups in total. The highest BCUT2D eigenvalue weighted by Crippen LogP contribution is 2.50. The molecule has 1 saturated heterocycles. The number of ether oxygens (including phenoxy) is 1. The van der Waals surface area contributed by atoms with Gasteiger partial charge in [0.15, 0.2) is 0 Å². The molecule has 2 heterocycles. The number of alkyl halides is 6. The zero-order chi connectivity index (χ0) is 30.5. The summed E-state index contributed by atoms with van der Waals surface area (Å²) in [6.07, 6.45) is -8.51. The highest BCUT2D eigenvalue weighted by Gasteiger charge is 2.71. The summed E-state index contributed by atoms with van der Waals surface area (Å²) in [6, 6.07) is 13.7. The second-order valence-corrected chi connectivity index (χ2v) is 10.0. The number of rotatable bonds is 9. The van der Waals surface area contributed by atoms with Crippen molar-refractivity contribution in [3.63, 3.8) is 0 Å². The van der Waals surface area contributed by atoms with Crippen molar-refractivity contribution < 1.29 is 41.0 Å². The number of halogens is 6. The van der Waals surface area contributed by atoms with Gasteiger partial charge in [-0.15, -0.1) is 0 Å². The Morgan fingerprint density at radius 2 is 1.40 bits per heavy atom. The lowest BCUT2D eigenvalue weighted by Gasteiger charge is -2.40. The molecule has 1 aliphatic heterocycles. The van der Waals surface area contributed by atoms with Crippen LogP contribution >= 0.6 is 0 Å². The summed E-state index contributed by atoms with van der Waals surface area (Å²) in [5, 5.41) is 9.60. The van der Waals surface area contributed by atoms with Crippen LogP contribution in [0, 0.1) is 0 Å². The fourth-order valence-electron chi connectivity index (χ4n) is 4.86. The average Bonchev–Trinajstić information content (AvgIpc) is 2.96. The molecular formula is C29H30F6N4O3. The molecule has 13 heteroatoms. The quantitative estimate of drug-likeness (QED) is 0.282. The lowest BCUT2D eigenvalue weighted by molar-refractivity contribution is -0.376. The van der Waals surface area contributed by atoms with Gasteiger partial charge in [-0.1, -0.05) is 48.5 Å². The molecular weight excluding hydrogens is 566 g/mol. The minimum Gasteiger partial charge on any atom is -0.463 e. The zero-order valence-electron chi connectivity index (χ0n) is 22.4. The Bertz CT molecular complexity index is 1300. The van der Waals surface area contributed by atoms with Crippen LogP contribution in [0.25, 0.3) is 11.1 Å². The molecule has 2 aromatic carbocycles. The molecule has 1 aliphatic rings. The lowest BCUT2D eigenvalue weighted by atomic mass is 9.90. The van der Waals surface area contributed by atoms with Crippen LogP contribution in [-0.4, -0.2) is 77.0 Å². The van der Waals surface area contributed by atoms with Crippen LogP contribution in [0.2, 0.25) is 0 Å². The predicted molar refractivity (Wildman–Crippen MR) is 142 cm³/mol. The third-order valence-corrected chi connectivity index (χ3v) is 7.16. The fourth-order valence-corrected chi connectivity index (χ4v) is 4.86. The van der Waals surface area contributed by atoms with Gasteiger partial charge >= 0.3 is 18.3 Å². The Balaban J connectivity index is 1.44. The van der Waals surface area contributed by atoms with Crippen LogP contribution in [-0.2, 0) is 28.2 Å². The third-order valence-electron chi connectivity index (χ3n) is 7.16. The molecule has 0 amide bonds. The number of esters is 1. The van der Waals surface area contributed by atoms with Gasteiger partial charge in [0.2, 0.25) is 0 Å². The topological polar surface area (TPSA) is 91.9 Å². The maximum absolute atomic E-state index is 13.2. The van der Waals surface area contributed by atoms with E-state index in [4.69, 9.17) is 10.5 Å². The molecule has 0 unspecified atom stereocenters. The van der Waals surface area contributed by atoms with Crippen molar-refractivity contribution in [2.24, 2.45) is 5.73 Å². The standard InChI is InChI=1S/C29H30F6N4O3/c30-28(31,32)27(41,29(33,34)35)24-7-5-23(6-8-24)22-3-1-20(2-4-22)17-38-14-15-39(18-21-9-12-37-13-10-21)25(19-38)26(40)42-16-11-36/h1-10,12-13,25,41H,11,14-19,36H2/t25-/m0/s1. The first-order valence-corrected chi connectivity index (χ1v) is 13.1. The van der Waals surface area contributed by atoms with Crippen LogP contribution in [0.15, 0.2) is 73.1 Å². The van der Waals surface area contributed by atoms with Gasteiger partial charge in [0.05, 0.1) is 0 Å². The van der Waals surface area contributed by atoms with Gasteiger partial charge in [-0.25, -0.2) is 0 Å². The summed E-state index contributed by atoms with van der Waals surface area (Å²) in [7, 11) is 0. The Kier molecular flexibility index (Phi) is 9.56. The second-order valence-electron chi connectivity index (χ2n) is 10.0. The number of aromatic nitrogens is 1. The van der Waals surface area contributed by atoms with Crippen molar-refractivity contribution in [1.29, 1.82) is 0 Å². The van der Waals surface area contributed by atoms with E-state index in [1.165, 1.54) is 0 Å². The van der Waals surface area contributed by atoms with Crippen LogP contribution in [0.1, 0.15) is 16.7 Å². The van der Waals surface area contributed by atoms with Gasteiger partial charge in [0, 0.05) is 57.2 Å². The summed E-state index contributed by atoms with van der Waals surface area (Å²) in [5.41, 5.74) is 2.07. The smallest absolute Gasteiger partial charge is 0.430 e. The zero-order valence-corrected chi connectivity index (χ0v) is 22.4. The van der Waals surface area contributed by atoms with Crippen molar-refractivity contribution in [3.8, 4) is 11.1 Å². The van der Waals surface area contributed by atoms with Gasteiger partial charge in [0.25, 0.3) is 5.60 Å². The molecule has 1 fully saturated rings. The summed E-state index contributed by atoms with van der Waals surface area (Å²) >= 11 is 0. The van der Waals surface area contributed by atoms with E-state index >= 15 is 0 Å². The SMILES string of the molecule is NCCOC(=O)[C@@H]1CN(Cc2ccc(-c3ccc(C(O)(C(F)(F)F)C(F)(F)F)cc3)cc2)CCN1Cc1ccncc1. The fraction of sp³-hybridized carbons (Fsp3) is 0.379. The van der Waals surface area contributed by atoms with Gasteiger partial charge in [-0.3, -0.25) is 19.6 Å². The van der Waals surface area contributed by atoms with E-state index in [0.29, 0.717) is 56.0 Å². The molecule has 3 aromatic rings. The van der Waals surface area contributed by atoms with E-state index in [1.807, 2.05) is 12.1 Å². The minimum atomic E-state index is -5.95. The van der Waals surface area contributed by atoms with Crippen molar-refractivity contribution in [2.45, 2.75) is 37.1 Å². The Morgan fingerprint density at radius 3 is 1.95 bits per heavy atom. The van der Waals surface area contributed by atoms with Crippen molar-refractivity contribution in [2.75, 3.05) is 32.8 Å². The van der Waals surface area contributed by atoms with E-state index in [-0.39, 0.29) is 19.1 Å². The molecule has 0 aliphatic carbocycles. The molecule has 1 aromatic heterocycles. The monoisotopic (exact) mass is 596 g/mol. The minimum absolute atomic E-state index is 0.118. The summed E-state index contributed by atoms with van der Waals surface area (Å²) in [6.45, 7) is 3.09. The largest absolute Gasteiger partial charge is 0.463 e. The average molecular weight is 597 g/mol. The maximum atomic E-state index is 13.2. The van der Waals surface area contributed by atoms with Gasteiger partial charge in [0.1, 0.15) is 12.6 Å². The highest BCUT2D eigenvalue weighted by molar-refractivity contribution is 5.76. The summed E-state index contributed by atoms with van der Waals surface area (Å²) in [5.74, 6) is -0.360. The van der Waals surface area contributed by atoms with Crippen LogP contribution in [0.5, 0.6) is 0 Å². The molecule has 1 atom stereocenters. The Morgan fingerprint density at radius 1 is 0.857 bits per heavy atom. The van der Waals surface area contributed by atoms with E-state index < -0.39 is 29.6 Å². The number of benzene rings is 2. The number of nitrogens with zero attached hydrogens (tertiary/aromatic N) is 3. The van der Waals surface area contributed by atoms with Crippen LogP contribution in [0.4, 0.5) is 26.3 Å². The Hall–Kier alpha value is -3.52. The van der Waals surface area contributed by atoms with Crippen molar-refractivity contribution in [3.05, 3.63) is 89.7 Å². The molecule has 7 nitrogen and oxygen atoms in total. The maximum Gasteiger partial charge on any atom is 0.430 e. The first kappa shape index (κ1) is 31.4. The third kappa shape index (κ3) is 6.92. The number of piperazine rings is 1. The summed E-state index contributed by atoms with van der Waals surface area (Å²) in [4.78, 5) is 21.0. The first-order chi connectivity index (χ1) is 19.8. The lowest BCUT2D eigenvalue weighted by Crippen LogP contribution is -2.56. The molecule has 0 bridgehead atoms. The van der Waals surface area contributed by atoms with E-state index in [9.17, 15) is 36.2 Å². The van der Waals surface area contributed by atoms with Crippen LogP contribution < -0.4 is 5.73 Å².